The second-order valence-corrected chi connectivity index (χ2v) is 4.65. The fourth-order valence-electron chi connectivity index (χ4n) is 2.09. The largest absolute Gasteiger partial charge is 0.374 e. The van der Waals surface area contributed by atoms with Gasteiger partial charge in [0.1, 0.15) is 5.52 Å². The minimum atomic E-state index is 0.230. The fraction of sp³-hybridized carbons (Fsp3) is 0.455. The molecule has 1 fully saturated rings. The number of hydrogen-bond donors (Lipinski definition) is 0. The van der Waals surface area contributed by atoms with Gasteiger partial charge in [-0.15, -0.1) is 0 Å². The van der Waals surface area contributed by atoms with Crippen molar-refractivity contribution in [3.8, 4) is 0 Å². The maximum Gasteiger partial charge on any atom is 0.154 e. The van der Waals surface area contributed by atoms with E-state index in [4.69, 9.17) is 4.74 Å². The summed E-state index contributed by atoms with van der Waals surface area (Å²) >= 11 is 3.46. The number of alkyl halides is 1. The van der Waals surface area contributed by atoms with E-state index in [0.717, 1.165) is 36.4 Å². The first-order valence-electron chi connectivity index (χ1n) is 5.59. The average Bonchev–Trinajstić information content (AvgIpc) is 2.87. The summed E-state index contributed by atoms with van der Waals surface area (Å²) in [7, 11) is 0. The molecule has 0 aliphatic carbocycles. The quantitative estimate of drug-likeness (QED) is 0.784. The van der Waals surface area contributed by atoms with Gasteiger partial charge in [-0.25, -0.2) is 9.50 Å². The van der Waals surface area contributed by atoms with Crippen molar-refractivity contribution in [2.75, 3.05) is 29.9 Å². The van der Waals surface area contributed by atoms with E-state index < -0.39 is 0 Å². The first-order valence-corrected chi connectivity index (χ1v) is 6.71. The van der Waals surface area contributed by atoms with E-state index >= 15 is 0 Å². The zero-order chi connectivity index (χ0) is 11.7. The van der Waals surface area contributed by atoms with Gasteiger partial charge in [0.2, 0.25) is 0 Å². The molecule has 3 rings (SSSR count). The van der Waals surface area contributed by atoms with Crippen LogP contribution >= 0.6 is 15.9 Å². The third kappa shape index (κ3) is 2.02. The highest BCUT2D eigenvalue weighted by Crippen LogP contribution is 2.20. The predicted octanol–water partition coefficient (Wildman–Crippen LogP) is 1.33. The lowest BCUT2D eigenvalue weighted by atomic mass is 10.3. The first-order chi connectivity index (χ1) is 8.38. The van der Waals surface area contributed by atoms with Gasteiger partial charge >= 0.3 is 0 Å². The highest BCUT2D eigenvalue weighted by atomic mass is 79.9. The summed E-state index contributed by atoms with van der Waals surface area (Å²) in [5.41, 5.74) is 1.04. The van der Waals surface area contributed by atoms with Crippen LogP contribution in [-0.2, 0) is 4.74 Å². The lowest BCUT2D eigenvalue weighted by Gasteiger charge is -2.33. The Morgan fingerprint density at radius 3 is 3.29 bits per heavy atom. The number of rotatable bonds is 2. The Bertz CT molecular complexity index is 515. The fourth-order valence-corrected chi connectivity index (χ4v) is 2.48. The Balaban J connectivity index is 1.94. The van der Waals surface area contributed by atoms with Gasteiger partial charge in [-0.3, -0.25) is 0 Å². The molecule has 0 saturated carbocycles. The number of hydrogen-bond acceptors (Lipinski definition) is 4. The Hall–Kier alpha value is -1.14. The van der Waals surface area contributed by atoms with E-state index in [0.29, 0.717) is 0 Å². The number of aromatic nitrogens is 3. The maximum absolute atomic E-state index is 5.63. The second kappa shape index (κ2) is 4.62. The van der Waals surface area contributed by atoms with Crippen LogP contribution in [0.1, 0.15) is 0 Å². The van der Waals surface area contributed by atoms with E-state index in [1.807, 2.05) is 16.8 Å². The van der Waals surface area contributed by atoms with Crippen molar-refractivity contribution in [3.63, 3.8) is 0 Å². The number of anilines is 1. The molecule has 5 nitrogen and oxygen atoms in total. The molecule has 1 aliphatic rings. The molecule has 1 saturated heterocycles. The van der Waals surface area contributed by atoms with Crippen molar-refractivity contribution in [1.82, 2.24) is 14.6 Å². The molecule has 0 amide bonds. The lowest BCUT2D eigenvalue weighted by molar-refractivity contribution is 0.0569. The minimum Gasteiger partial charge on any atom is -0.374 e. The summed E-state index contributed by atoms with van der Waals surface area (Å²) < 4.78 is 7.48. The summed E-state index contributed by atoms with van der Waals surface area (Å²) in [6, 6.07) is 1.99. The van der Waals surface area contributed by atoms with Crippen LogP contribution in [0.5, 0.6) is 0 Å². The molecule has 0 radical (unpaired) electrons. The third-order valence-electron chi connectivity index (χ3n) is 2.91. The van der Waals surface area contributed by atoms with Gasteiger partial charge in [0.25, 0.3) is 0 Å². The van der Waals surface area contributed by atoms with Gasteiger partial charge in [0.15, 0.2) is 5.82 Å². The van der Waals surface area contributed by atoms with E-state index in [1.165, 1.54) is 0 Å². The Morgan fingerprint density at radius 2 is 2.41 bits per heavy atom. The molecule has 17 heavy (non-hydrogen) atoms. The van der Waals surface area contributed by atoms with Crippen LogP contribution in [0.2, 0.25) is 0 Å². The molecule has 1 atom stereocenters. The molecule has 0 spiro atoms. The smallest absolute Gasteiger partial charge is 0.154 e. The van der Waals surface area contributed by atoms with Crippen molar-refractivity contribution in [1.29, 1.82) is 0 Å². The van der Waals surface area contributed by atoms with Gasteiger partial charge < -0.3 is 9.64 Å². The van der Waals surface area contributed by atoms with Crippen LogP contribution < -0.4 is 4.90 Å². The van der Waals surface area contributed by atoms with Crippen LogP contribution in [0.3, 0.4) is 0 Å². The number of ether oxygens (including phenoxy) is 1. The van der Waals surface area contributed by atoms with Crippen LogP contribution in [0, 0.1) is 0 Å². The first kappa shape index (κ1) is 11.0. The van der Waals surface area contributed by atoms with E-state index in [2.05, 4.69) is 30.9 Å². The van der Waals surface area contributed by atoms with E-state index in [1.54, 1.807) is 12.4 Å². The topological polar surface area (TPSA) is 42.7 Å². The van der Waals surface area contributed by atoms with Crippen molar-refractivity contribution >= 4 is 27.3 Å². The summed E-state index contributed by atoms with van der Waals surface area (Å²) in [5.74, 6) is 0.985. The van der Waals surface area contributed by atoms with Crippen molar-refractivity contribution in [3.05, 3.63) is 24.7 Å². The molecule has 0 N–H and O–H groups in total. The van der Waals surface area contributed by atoms with E-state index in [9.17, 15) is 0 Å². The van der Waals surface area contributed by atoms with Gasteiger partial charge in [-0.05, 0) is 6.07 Å². The van der Waals surface area contributed by atoms with Crippen LogP contribution in [0.15, 0.2) is 24.7 Å². The SMILES string of the molecule is BrCC1CN(c2nccn3nccc23)CCO1. The van der Waals surface area contributed by atoms with Crippen LogP contribution in [0.4, 0.5) is 5.82 Å². The number of nitrogens with zero attached hydrogens (tertiary/aromatic N) is 4. The predicted molar refractivity (Wildman–Crippen MR) is 68.7 cm³/mol. The molecular weight excluding hydrogens is 284 g/mol. The molecule has 90 valence electrons. The Labute approximate surface area is 108 Å². The summed E-state index contributed by atoms with van der Waals surface area (Å²) in [5, 5.41) is 5.08. The molecule has 0 aromatic carbocycles. The Kier molecular flexibility index (Phi) is 2.98. The van der Waals surface area contributed by atoms with Crippen LogP contribution in [0.25, 0.3) is 5.52 Å². The van der Waals surface area contributed by atoms with Crippen molar-refractivity contribution < 1.29 is 4.74 Å². The van der Waals surface area contributed by atoms with Gasteiger partial charge in [-0.1, -0.05) is 15.9 Å². The molecule has 6 heteroatoms. The lowest BCUT2D eigenvalue weighted by Crippen LogP contribution is -2.43. The Morgan fingerprint density at radius 1 is 1.47 bits per heavy atom. The molecule has 1 unspecified atom stereocenters. The van der Waals surface area contributed by atoms with Crippen molar-refractivity contribution in [2.24, 2.45) is 0 Å². The van der Waals surface area contributed by atoms with Gasteiger partial charge in [-0.2, -0.15) is 5.10 Å². The highest BCUT2D eigenvalue weighted by molar-refractivity contribution is 9.09. The van der Waals surface area contributed by atoms with E-state index in [-0.39, 0.29) is 6.10 Å². The molecule has 1 aliphatic heterocycles. The summed E-state index contributed by atoms with van der Waals surface area (Å²) in [4.78, 5) is 6.72. The average molecular weight is 297 g/mol. The highest BCUT2D eigenvalue weighted by Gasteiger charge is 2.22. The molecule has 2 aromatic heterocycles. The third-order valence-corrected chi connectivity index (χ3v) is 3.64. The van der Waals surface area contributed by atoms with Gasteiger partial charge in [0.05, 0.1) is 18.9 Å². The van der Waals surface area contributed by atoms with Crippen LogP contribution in [-0.4, -0.2) is 45.7 Å². The summed E-state index contributed by atoms with van der Waals surface area (Å²) in [6.45, 7) is 2.48. The van der Waals surface area contributed by atoms with Gasteiger partial charge in [0, 0.05) is 30.8 Å². The van der Waals surface area contributed by atoms with Crippen molar-refractivity contribution in [2.45, 2.75) is 6.10 Å². The minimum absolute atomic E-state index is 0.230. The standard InChI is InChI=1S/C11H13BrN4O/c12-7-9-8-15(5-6-17-9)11-10-1-2-14-16(10)4-3-13-11/h1-4,9H,5-8H2. The second-order valence-electron chi connectivity index (χ2n) is 4.00. The maximum atomic E-state index is 5.63. The summed E-state index contributed by atoms with van der Waals surface area (Å²) in [6.07, 6.45) is 5.67. The number of fused-ring (bicyclic) bond motifs is 1. The zero-order valence-corrected chi connectivity index (χ0v) is 10.9. The molecule has 3 heterocycles. The molecule has 2 aromatic rings. The number of halogens is 1. The number of morpholine rings is 1. The monoisotopic (exact) mass is 296 g/mol. The zero-order valence-electron chi connectivity index (χ0n) is 9.29. The molecule has 0 bridgehead atoms. The molecular formula is C11H13BrN4O. The normalized spacial score (nSPS) is 21.0.